The molecule has 8 heteroatoms. The van der Waals surface area contributed by atoms with E-state index in [-0.39, 0.29) is 11.8 Å². The number of carbonyl (C=O) groups is 1. The minimum Gasteiger partial charge on any atom is -0.391 e. The fourth-order valence-corrected chi connectivity index (χ4v) is 4.03. The lowest BCUT2D eigenvalue weighted by Crippen LogP contribution is -2.29. The van der Waals surface area contributed by atoms with Gasteiger partial charge in [0, 0.05) is 42.4 Å². The Bertz CT molecular complexity index is 1190. The van der Waals surface area contributed by atoms with Crippen LogP contribution in [0.4, 0.5) is 0 Å². The number of para-hydroxylation sites is 1. The maximum atomic E-state index is 13.1. The van der Waals surface area contributed by atoms with Crippen molar-refractivity contribution in [2.24, 2.45) is 5.92 Å². The van der Waals surface area contributed by atoms with Crippen molar-refractivity contribution in [1.29, 1.82) is 0 Å². The Morgan fingerprint density at radius 2 is 1.83 bits per heavy atom. The first-order valence-electron chi connectivity index (χ1n) is 9.80. The zero-order chi connectivity index (χ0) is 20.5. The molecular formula is C22H20N6O2. The largest absolute Gasteiger partial charge is 0.391 e. The molecule has 0 bridgehead atoms. The number of aromatic nitrogens is 5. The molecule has 1 aliphatic heterocycles. The number of pyridine rings is 2. The number of rotatable bonds is 4. The highest BCUT2D eigenvalue weighted by Gasteiger charge is 2.34. The van der Waals surface area contributed by atoms with Gasteiger partial charge < -0.3 is 10.0 Å². The van der Waals surface area contributed by atoms with Gasteiger partial charge in [0.15, 0.2) is 0 Å². The fourth-order valence-electron chi connectivity index (χ4n) is 4.03. The van der Waals surface area contributed by atoms with Crippen LogP contribution in [-0.4, -0.2) is 59.8 Å². The van der Waals surface area contributed by atoms with Crippen molar-refractivity contribution in [2.45, 2.75) is 12.5 Å². The summed E-state index contributed by atoms with van der Waals surface area (Å²) in [6.45, 7) is 0.817. The molecular weight excluding hydrogens is 380 g/mol. The van der Waals surface area contributed by atoms with Gasteiger partial charge in [-0.25, -0.2) is 4.98 Å². The summed E-state index contributed by atoms with van der Waals surface area (Å²) < 4.78 is 1.65. The van der Waals surface area contributed by atoms with Crippen LogP contribution < -0.4 is 0 Å². The summed E-state index contributed by atoms with van der Waals surface area (Å²) in [7, 11) is 0. The third kappa shape index (κ3) is 3.42. The summed E-state index contributed by atoms with van der Waals surface area (Å²) in [5.41, 5.74) is 2.60. The van der Waals surface area contributed by atoms with Crippen molar-refractivity contribution >= 4 is 16.8 Å². The van der Waals surface area contributed by atoms with E-state index < -0.39 is 6.10 Å². The van der Waals surface area contributed by atoms with E-state index in [9.17, 15) is 9.90 Å². The van der Waals surface area contributed by atoms with Crippen molar-refractivity contribution in [3.63, 3.8) is 0 Å². The molecule has 1 saturated heterocycles. The Labute approximate surface area is 172 Å². The number of hydrogen-bond donors (Lipinski definition) is 1. The quantitative estimate of drug-likeness (QED) is 0.562. The Hall–Kier alpha value is -3.65. The minimum absolute atomic E-state index is 0.0288. The second-order valence-corrected chi connectivity index (χ2v) is 7.50. The molecule has 8 nitrogen and oxygen atoms in total. The highest BCUT2D eigenvalue weighted by atomic mass is 16.3. The zero-order valence-corrected chi connectivity index (χ0v) is 16.2. The molecule has 30 heavy (non-hydrogen) atoms. The SMILES string of the molecule is O=C(c1ccnc(-n2cnnc2)c1)N1C[C@@H](Cc2ccnc3ccccc23)[C@@H](O)C1. The maximum absolute atomic E-state index is 13.1. The summed E-state index contributed by atoms with van der Waals surface area (Å²) in [6.07, 6.45) is 6.58. The zero-order valence-electron chi connectivity index (χ0n) is 16.2. The second-order valence-electron chi connectivity index (χ2n) is 7.50. The van der Waals surface area contributed by atoms with Crippen LogP contribution in [-0.2, 0) is 6.42 Å². The molecule has 0 unspecified atom stereocenters. The van der Waals surface area contributed by atoms with E-state index in [4.69, 9.17) is 0 Å². The molecule has 4 heterocycles. The monoisotopic (exact) mass is 400 g/mol. The summed E-state index contributed by atoms with van der Waals surface area (Å²) in [5.74, 6) is 0.428. The highest BCUT2D eigenvalue weighted by Crippen LogP contribution is 2.26. The van der Waals surface area contributed by atoms with Crippen LogP contribution in [0.1, 0.15) is 15.9 Å². The van der Waals surface area contributed by atoms with Crippen LogP contribution in [0.15, 0.2) is 67.5 Å². The number of nitrogens with zero attached hydrogens (tertiary/aromatic N) is 6. The maximum Gasteiger partial charge on any atom is 0.254 e. The lowest BCUT2D eigenvalue weighted by atomic mass is 9.94. The first-order valence-corrected chi connectivity index (χ1v) is 9.80. The molecule has 0 aliphatic carbocycles. The van der Waals surface area contributed by atoms with Crippen LogP contribution >= 0.6 is 0 Å². The smallest absolute Gasteiger partial charge is 0.254 e. The normalized spacial score (nSPS) is 18.8. The van der Waals surface area contributed by atoms with E-state index in [0.29, 0.717) is 30.9 Å². The number of likely N-dealkylation sites (tertiary alicyclic amines) is 1. The number of carbonyl (C=O) groups excluding carboxylic acids is 1. The van der Waals surface area contributed by atoms with E-state index >= 15 is 0 Å². The molecule has 0 saturated carbocycles. The number of hydrogen-bond acceptors (Lipinski definition) is 6. The molecule has 4 aromatic rings. The standard InChI is InChI=1S/C22H20N6O2/c29-20-12-27(22(30)16-6-8-24-21(10-16)28-13-25-26-14-28)11-17(20)9-15-5-7-23-19-4-2-1-3-18(15)19/h1-8,10,13-14,17,20,29H,9,11-12H2/t17-,20+/m1/s1. The predicted molar refractivity (Wildman–Crippen MR) is 110 cm³/mol. The number of fused-ring (bicyclic) bond motifs is 1. The molecule has 3 aromatic heterocycles. The third-order valence-corrected chi connectivity index (χ3v) is 5.59. The van der Waals surface area contributed by atoms with Gasteiger partial charge >= 0.3 is 0 Å². The molecule has 1 fully saturated rings. The molecule has 1 aromatic carbocycles. The number of amides is 1. The van der Waals surface area contributed by atoms with Crippen molar-refractivity contribution in [3.05, 3.63) is 78.6 Å². The molecule has 2 atom stereocenters. The summed E-state index contributed by atoms with van der Waals surface area (Å²) in [4.78, 5) is 23.4. The van der Waals surface area contributed by atoms with Crippen LogP contribution in [0.2, 0.25) is 0 Å². The van der Waals surface area contributed by atoms with Crippen molar-refractivity contribution in [3.8, 4) is 5.82 Å². The van der Waals surface area contributed by atoms with E-state index in [1.54, 1.807) is 34.0 Å². The average Bonchev–Trinajstić information content (AvgIpc) is 3.44. The van der Waals surface area contributed by atoms with Crippen LogP contribution in [0.3, 0.4) is 0 Å². The average molecular weight is 400 g/mol. The van der Waals surface area contributed by atoms with Gasteiger partial charge in [0.05, 0.1) is 11.6 Å². The number of aliphatic hydroxyl groups is 1. The first-order chi connectivity index (χ1) is 14.7. The van der Waals surface area contributed by atoms with Crippen LogP contribution in [0.5, 0.6) is 0 Å². The summed E-state index contributed by atoms with van der Waals surface area (Å²) >= 11 is 0. The molecule has 1 amide bonds. The van der Waals surface area contributed by atoms with Crippen LogP contribution in [0, 0.1) is 5.92 Å². The van der Waals surface area contributed by atoms with Gasteiger partial charge in [-0.05, 0) is 36.2 Å². The van der Waals surface area contributed by atoms with Gasteiger partial charge in [0.2, 0.25) is 0 Å². The Morgan fingerprint density at radius 3 is 2.70 bits per heavy atom. The van der Waals surface area contributed by atoms with Crippen LogP contribution in [0.25, 0.3) is 16.7 Å². The topological polar surface area (TPSA) is 97.0 Å². The predicted octanol–water partition coefficient (Wildman–Crippen LogP) is 1.89. The van der Waals surface area contributed by atoms with Gasteiger partial charge in [-0.2, -0.15) is 0 Å². The number of aliphatic hydroxyl groups excluding tert-OH is 1. The minimum atomic E-state index is -0.569. The van der Waals surface area contributed by atoms with E-state index in [0.717, 1.165) is 16.5 Å². The fraction of sp³-hybridized carbons (Fsp3) is 0.227. The lowest BCUT2D eigenvalue weighted by molar-refractivity contribution is 0.0764. The van der Waals surface area contributed by atoms with Gasteiger partial charge in [-0.3, -0.25) is 14.3 Å². The molecule has 150 valence electrons. The first kappa shape index (κ1) is 18.4. The summed E-state index contributed by atoms with van der Waals surface area (Å²) in [5, 5.41) is 19.3. The molecule has 0 radical (unpaired) electrons. The highest BCUT2D eigenvalue weighted by molar-refractivity contribution is 5.94. The third-order valence-electron chi connectivity index (χ3n) is 5.59. The van der Waals surface area contributed by atoms with Crippen molar-refractivity contribution in [1.82, 2.24) is 29.6 Å². The Balaban J connectivity index is 1.34. The molecule has 0 spiro atoms. The lowest BCUT2D eigenvalue weighted by Gasteiger charge is -2.17. The van der Waals surface area contributed by atoms with Crippen molar-refractivity contribution in [2.75, 3.05) is 13.1 Å². The van der Waals surface area contributed by atoms with Gasteiger partial charge in [0.1, 0.15) is 18.5 Å². The van der Waals surface area contributed by atoms with E-state index in [1.165, 1.54) is 12.7 Å². The molecule has 1 N–H and O–H groups in total. The number of β-amino-alcohol motifs (C(OH)–C–C–N with tert-alkyl or cyclic N) is 1. The van der Waals surface area contributed by atoms with E-state index in [1.807, 2.05) is 30.3 Å². The van der Waals surface area contributed by atoms with Gasteiger partial charge in [0.25, 0.3) is 5.91 Å². The van der Waals surface area contributed by atoms with Crippen molar-refractivity contribution < 1.29 is 9.90 Å². The number of benzene rings is 1. The molecule has 5 rings (SSSR count). The van der Waals surface area contributed by atoms with Gasteiger partial charge in [-0.1, -0.05) is 18.2 Å². The van der Waals surface area contributed by atoms with Gasteiger partial charge in [-0.15, -0.1) is 10.2 Å². The molecule has 1 aliphatic rings. The second kappa shape index (κ2) is 7.64. The van der Waals surface area contributed by atoms with E-state index in [2.05, 4.69) is 20.2 Å². The summed E-state index contributed by atoms with van der Waals surface area (Å²) in [6, 6.07) is 13.4. The Morgan fingerprint density at radius 1 is 1.03 bits per heavy atom. The Kier molecular flexibility index (Phi) is 4.68.